The first kappa shape index (κ1) is 38.9. The number of benzene rings is 10. The molecule has 0 heterocycles. The van der Waals surface area contributed by atoms with Crippen LogP contribution in [-0.4, -0.2) is 0 Å². The van der Waals surface area contributed by atoms with Crippen molar-refractivity contribution in [1.29, 1.82) is 0 Å². The van der Waals surface area contributed by atoms with Crippen LogP contribution in [-0.2, 0) is 5.41 Å². The maximum absolute atomic E-state index is 2.47. The molecule has 304 valence electrons. The standard InChI is InChI=1S/C63H47N/c1-63(2)60-30-18-17-29-57(60)58-37-36-54(43-61(58)63)64(53-34-31-46(32-35-53)52-40-50(44-19-7-3-8-20-44)39-51(41-52)45-21-9-4-10-22-45)62-38-33-49(42-59(62)48-25-13-6-14-26-48)56-28-16-15-27-55(56)47-23-11-5-12-24-47/h3-43H,1-2H3. The molecule has 0 radical (unpaired) electrons. The van der Waals surface area contributed by atoms with Gasteiger partial charge in [0.05, 0.1) is 5.69 Å². The van der Waals surface area contributed by atoms with Gasteiger partial charge in [0.1, 0.15) is 0 Å². The summed E-state index contributed by atoms with van der Waals surface area (Å²) in [6.07, 6.45) is 0. The second-order valence-corrected chi connectivity index (χ2v) is 17.3. The van der Waals surface area contributed by atoms with Crippen molar-refractivity contribution in [3.05, 3.63) is 260 Å². The summed E-state index contributed by atoms with van der Waals surface area (Å²) in [6.45, 7) is 4.73. The molecule has 0 amide bonds. The number of rotatable bonds is 9. The Labute approximate surface area is 377 Å². The zero-order valence-corrected chi connectivity index (χ0v) is 36.1. The lowest BCUT2D eigenvalue weighted by Gasteiger charge is -2.30. The third kappa shape index (κ3) is 7.12. The van der Waals surface area contributed by atoms with Crippen LogP contribution in [0.3, 0.4) is 0 Å². The first-order valence-corrected chi connectivity index (χ1v) is 22.2. The average molecular weight is 818 g/mol. The fourth-order valence-corrected chi connectivity index (χ4v) is 9.80. The van der Waals surface area contributed by atoms with Crippen LogP contribution in [0.15, 0.2) is 249 Å². The van der Waals surface area contributed by atoms with E-state index >= 15 is 0 Å². The van der Waals surface area contributed by atoms with E-state index in [4.69, 9.17) is 0 Å². The molecular weight excluding hydrogens is 771 g/mol. The Balaban J connectivity index is 1.09. The minimum atomic E-state index is -0.148. The summed E-state index contributed by atoms with van der Waals surface area (Å²) >= 11 is 0. The van der Waals surface area contributed by atoms with E-state index in [9.17, 15) is 0 Å². The summed E-state index contributed by atoms with van der Waals surface area (Å²) < 4.78 is 0. The van der Waals surface area contributed by atoms with Gasteiger partial charge in [-0.2, -0.15) is 0 Å². The predicted molar refractivity (Wildman–Crippen MR) is 271 cm³/mol. The van der Waals surface area contributed by atoms with E-state index in [2.05, 4.69) is 267 Å². The first-order chi connectivity index (χ1) is 31.5. The Bertz CT molecular complexity index is 3200. The van der Waals surface area contributed by atoms with Gasteiger partial charge in [0.25, 0.3) is 0 Å². The highest BCUT2D eigenvalue weighted by Crippen LogP contribution is 2.52. The number of anilines is 3. The third-order valence-electron chi connectivity index (χ3n) is 13.1. The highest BCUT2D eigenvalue weighted by atomic mass is 15.1. The molecule has 0 aromatic heterocycles. The van der Waals surface area contributed by atoms with Gasteiger partial charge in [-0.15, -0.1) is 0 Å². The maximum Gasteiger partial charge on any atom is 0.0540 e. The molecule has 10 aromatic carbocycles. The highest BCUT2D eigenvalue weighted by Gasteiger charge is 2.36. The van der Waals surface area contributed by atoms with Crippen LogP contribution in [0.2, 0.25) is 0 Å². The summed E-state index contributed by atoms with van der Waals surface area (Å²) in [4.78, 5) is 2.47. The lowest BCUT2D eigenvalue weighted by molar-refractivity contribution is 0.660. The zero-order chi connectivity index (χ0) is 43.0. The number of fused-ring (bicyclic) bond motifs is 3. The van der Waals surface area contributed by atoms with Crippen LogP contribution in [0.1, 0.15) is 25.0 Å². The topological polar surface area (TPSA) is 3.24 Å². The van der Waals surface area contributed by atoms with Gasteiger partial charge in [-0.25, -0.2) is 0 Å². The van der Waals surface area contributed by atoms with E-state index < -0.39 is 0 Å². The van der Waals surface area contributed by atoms with Crippen LogP contribution < -0.4 is 4.90 Å². The Kier molecular flexibility index (Phi) is 9.94. The Hall–Kier alpha value is -8.00. The highest BCUT2D eigenvalue weighted by molar-refractivity contribution is 5.94. The second kappa shape index (κ2) is 16.4. The molecule has 0 atom stereocenters. The summed E-state index contributed by atoms with van der Waals surface area (Å²) in [5.41, 5.74) is 22.8. The maximum atomic E-state index is 2.47. The monoisotopic (exact) mass is 817 g/mol. The van der Waals surface area contributed by atoms with Gasteiger partial charge in [-0.1, -0.05) is 208 Å². The second-order valence-electron chi connectivity index (χ2n) is 17.3. The summed E-state index contributed by atoms with van der Waals surface area (Å²) in [6, 6.07) is 90.9. The average Bonchev–Trinajstić information content (AvgIpc) is 3.60. The van der Waals surface area contributed by atoms with Crippen molar-refractivity contribution in [1.82, 2.24) is 0 Å². The van der Waals surface area contributed by atoms with E-state index in [-0.39, 0.29) is 5.41 Å². The van der Waals surface area contributed by atoms with E-state index in [1.807, 2.05) is 0 Å². The SMILES string of the molecule is CC1(C)c2ccccc2-c2ccc(N(c3ccc(-c4cc(-c5ccccc5)cc(-c5ccccc5)c4)cc3)c3ccc(-c4ccccc4-c4ccccc4)cc3-c3ccccc3)cc21. The van der Waals surface area contributed by atoms with Crippen molar-refractivity contribution in [2.45, 2.75) is 19.3 Å². The smallest absolute Gasteiger partial charge is 0.0540 e. The molecule has 0 saturated heterocycles. The van der Waals surface area contributed by atoms with Crippen molar-refractivity contribution in [3.8, 4) is 77.9 Å². The van der Waals surface area contributed by atoms with Crippen LogP contribution in [0.4, 0.5) is 17.1 Å². The quantitative estimate of drug-likeness (QED) is 0.140. The van der Waals surface area contributed by atoms with Crippen molar-refractivity contribution >= 4 is 17.1 Å². The molecule has 11 rings (SSSR count). The van der Waals surface area contributed by atoms with Gasteiger partial charge in [0, 0.05) is 22.4 Å². The fourth-order valence-electron chi connectivity index (χ4n) is 9.80. The van der Waals surface area contributed by atoms with Gasteiger partial charge in [-0.05, 0) is 138 Å². The molecular formula is C63H47N. The van der Waals surface area contributed by atoms with Gasteiger partial charge < -0.3 is 4.90 Å². The molecule has 1 nitrogen and oxygen atoms in total. The molecule has 64 heavy (non-hydrogen) atoms. The molecule has 1 heteroatoms. The molecule has 10 aromatic rings. The lowest BCUT2D eigenvalue weighted by Crippen LogP contribution is -2.17. The van der Waals surface area contributed by atoms with Crippen LogP contribution in [0, 0.1) is 0 Å². The van der Waals surface area contributed by atoms with Crippen molar-refractivity contribution in [2.75, 3.05) is 4.90 Å². The molecule has 0 aliphatic heterocycles. The van der Waals surface area contributed by atoms with E-state index in [0.29, 0.717) is 0 Å². The number of nitrogens with zero attached hydrogens (tertiary/aromatic N) is 1. The Morgan fingerprint density at radius 3 is 1.22 bits per heavy atom. The van der Waals surface area contributed by atoms with Gasteiger partial charge in [0.15, 0.2) is 0 Å². The molecule has 1 aliphatic carbocycles. The fraction of sp³-hybridized carbons (Fsp3) is 0.0476. The van der Waals surface area contributed by atoms with E-state index in [1.54, 1.807) is 0 Å². The minimum Gasteiger partial charge on any atom is -0.310 e. The number of hydrogen-bond donors (Lipinski definition) is 0. The molecule has 1 aliphatic rings. The largest absolute Gasteiger partial charge is 0.310 e. The summed E-state index contributed by atoms with van der Waals surface area (Å²) in [5, 5.41) is 0. The molecule has 0 bridgehead atoms. The van der Waals surface area contributed by atoms with Crippen molar-refractivity contribution in [2.24, 2.45) is 0 Å². The first-order valence-electron chi connectivity index (χ1n) is 22.2. The summed E-state index contributed by atoms with van der Waals surface area (Å²) in [7, 11) is 0. The minimum absolute atomic E-state index is 0.148. The van der Waals surface area contributed by atoms with E-state index in [0.717, 1.165) is 22.6 Å². The Morgan fingerprint density at radius 2 is 0.656 bits per heavy atom. The third-order valence-corrected chi connectivity index (χ3v) is 13.1. The van der Waals surface area contributed by atoms with Gasteiger partial charge in [-0.3, -0.25) is 0 Å². The van der Waals surface area contributed by atoms with E-state index in [1.165, 1.54) is 83.5 Å². The van der Waals surface area contributed by atoms with Crippen molar-refractivity contribution in [3.63, 3.8) is 0 Å². The summed E-state index contributed by atoms with van der Waals surface area (Å²) in [5.74, 6) is 0. The van der Waals surface area contributed by atoms with Gasteiger partial charge in [0.2, 0.25) is 0 Å². The molecule has 0 N–H and O–H groups in total. The number of hydrogen-bond acceptors (Lipinski definition) is 1. The molecule has 0 unspecified atom stereocenters. The Morgan fingerprint density at radius 1 is 0.250 bits per heavy atom. The molecule has 0 saturated carbocycles. The van der Waals surface area contributed by atoms with Crippen LogP contribution in [0.25, 0.3) is 77.9 Å². The zero-order valence-electron chi connectivity index (χ0n) is 36.1. The molecule has 0 spiro atoms. The lowest BCUT2D eigenvalue weighted by atomic mass is 9.82. The van der Waals surface area contributed by atoms with Crippen molar-refractivity contribution < 1.29 is 0 Å². The predicted octanol–water partition coefficient (Wildman–Crippen LogP) is 17.5. The normalized spacial score (nSPS) is 12.3. The van der Waals surface area contributed by atoms with Crippen LogP contribution >= 0.6 is 0 Å². The van der Waals surface area contributed by atoms with Crippen LogP contribution in [0.5, 0.6) is 0 Å². The molecule has 0 fully saturated rings. The van der Waals surface area contributed by atoms with Gasteiger partial charge >= 0.3 is 0 Å².